The second kappa shape index (κ2) is 5.35. The highest BCUT2D eigenvalue weighted by atomic mass is 16.5. The maximum Gasteiger partial charge on any atom is 0.246 e. The summed E-state index contributed by atoms with van der Waals surface area (Å²) in [5.74, 6) is 0.0425. The molecule has 1 saturated heterocycles. The number of carbonyl (C=O) groups excluding carboxylic acids is 1. The Morgan fingerprint density at radius 3 is 2.56 bits per heavy atom. The average Bonchev–Trinajstić information content (AvgIpc) is 2.62. The van der Waals surface area contributed by atoms with Gasteiger partial charge in [-0.2, -0.15) is 5.10 Å². The first-order valence-electron chi connectivity index (χ1n) is 6.14. The summed E-state index contributed by atoms with van der Waals surface area (Å²) in [5, 5.41) is 4.32. The molecule has 5 nitrogen and oxygen atoms in total. The lowest BCUT2D eigenvalue weighted by molar-refractivity contribution is -0.129. The molecule has 1 fully saturated rings. The fourth-order valence-corrected chi connectivity index (χ4v) is 2.07. The van der Waals surface area contributed by atoms with E-state index in [2.05, 4.69) is 5.10 Å². The maximum absolute atomic E-state index is 12.0. The van der Waals surface area contributed by atoms with Gasteiger partial charge in [0.1, 0.15) is 0 Å². The van der Waals surface area contributed by atoms with Crippen LogP contribution in [0.25, 0.3) is 6.08 Å². The van der Waals surface area contributed by atoms with Gasteiger partial charge in [0.2, 0.25) is 5.91 Å². The average molecular weight is 249 g/mol. The third kappa shape index (κ3) is 2.61. The number of ether oxygens (including phenoxy) is 1. The summed E-state index contributed by atoms with van der Waals surface area (Å²) < 4.78 is 7.05. The van der Waals surface area contributed by atoms with Crippen molar-refractivity contribution in [3.8, 4) is 0 Å². The lowest BCUT2D eigenvalue weighted by Crippen LogP contribution is -2.39. The van der Waals surface area contributed by atoms with E-state index < -0.39 is 0 Å². The van der Waals surface area contributed by atoms with Crippen LogP contribution in [0.15, 0.2) is 6.08 Å². The number of aromatic nitrogens is 2. The van der Waals surface area contributed by atoms with Crippen molar-refractivity contribution in [2.24, 2.45) is 7.05 Å². The van der Waals surface area contributed by atoms with Crippen molar-refractivity contribution in [1.29, 1.82) is 0 Å². The highest BCUT2D eigenvalue weighted by Gasteiger charge is 2.14. The highest BCUT2D eigenvalue weighted by molar-refractivity contribution is 5.92. The molecule has 0 aliphatic carbocycles. The first kappa shape index (κ1) is 12.8. The molecule has 0 unspecified atom stereocenters. The van der Waals surface area contributed by atoms with Gasteiger partial charge in [-0.1, -0.05) is 0 Å². The van der Waals surface area contributed by atoms with E-state index in [1.54, 1.807) is 11.0 Å². The number of hydrogen-bond acceptors (Lipinski definition) is 3. The molecule has 0 radical (unpaired) electrons. The Morgan fingerprint density at radius 1 is 1.33 bits per heavy atom. The molecule has 18 heavy (non-hydrogen) atoms. The van der Waals surface area contributed by atoms with Gasteiger partial charge in [0.25, 0.3) is 0 Å². The van der Waals surface area contributed by atoms with Crippen LogP contribution < -0.4 is 0 Å². The molecule has 0 spiro atoms. The molecule has 0 bridgehead atoms. The van der Waals surface area contributed by atoms with Crippen LogP contribution in [0.2, 0.25) is 0 Å². The minimum atomic E-state index is 0.0425. The standard InChI is InChI=1S/C13H19N3O2/c1-10-12(11(2)15(3)14-10)4-5-13(17)16-6-8-18-9-7-16/h4-5H,6-9H2,1-3H3/b5-4+. The molecule has 1 aromatic heterocycles. The van der Waals surface area contributed by atoms with E-state index in [9.17, 15) is 4.79 Å². The van der Waals surface area contributed by atoms with Crippen LogP contribution in [0.1, 0.15) is 17.0 Å². The van der Waals surface area contributed by atoms with Crippen LogP contribution in [0.4, 0.5) is 0 Å². The largest absolute Gasteiger partial charge is 0.378 e. The number of nitrogens with zero attached hydrogens (tertiary/aromatic N) is 3. The van der Waals surface area contributed by atoms with Gasteiger partial charge >= 0.3 is 0 Å². The van der Waals surface area contributed by atoms with E-state index in [1.165, 1.54) is 0 Å². The van der Waals surface area contributed by atoms with E-state index in [-0.39, 0.29) is 5.91 Å². The monoisotopic (exact) mass is 249 g/mol. The van der Waals surface area contributed by atoms with Gasteiger partial charge in [-0.05, 0) is 19.9 Å². The van der Waals surface area contributed by atoms with Crippen LogP contribution >= 0.6 is 0 Å². The summed E-state index contributed by atoms with van der Waals surface area (Å²) in [6.45, 7) is 6.56. The molecular weight excluding hydrogens is 230 g/mol. The predicted octanol–water partition coefficient (Wildman–Crippen LogP) is 0.909. The molecular formula is C13H19N3O2. The van der Waals surface area contributed by atoms with Crippen molar-refractivity contribution in [2.45, 2.75) is 13.8 Å². The van der Waals surface area contributed by atoms with Crippen LogP contribution in [0.3, 0.4) is 0 Å². The molecule has 5 heteroatoms. The van der Waals surface area contributed by atoms with Gasteiger partial charge in [0, 0.05) is 37.5 Å². The zero-order valence-corrected chi connectivity index (χ0v) is 11.1. The van der Waals surface area contributed by atoms with E-state index >= 15 is 0 Å². The summed E-state index contributed by atoms with van der Waals surface area (Å²) in [6.07, 6.45) is 3.48. The van der Waals surface area contributed by atoms with Crippen LogP contribution in [0, 0.1) is 13.8 Å². The highest BCUT2D eigenvalue weighted by Crippen LogP contribution is 2.13. The number of morpholine rings is 1. The molecule has 0 N–H and O–H groups in total. The van der Waals surface area contributed by atoms with Crippen LogP contribution in [0.5, 0.6) is 0 Å². The normalized spacial score (nSPS) is 16.5. The Labute approximate surface area is 107 Å². The summed E-state index contributed by atoms with van der Waals surface area (Å²) in [5.41, 5.74) is 3.04. The zero-order chi connectivity index (χ0) is 13.1. The smallest absolute Gasteiger partial charge is 0.246 e. The Hall–Kier alpha value is -1.62. The minimum absolute atomic E-state index is 0.0425. The summed E-state index contributed by atoms with van der Waals surface area (Å²) >= 11 is 0. The lowest BCUT2D eigenvalue weighted by Gasteiger charge is -2.25. The molecule has 0 atom stereocenters. The first-order chi connectivity index (χ1) is 8.59. The quantitative estimate of drug-likeness (QED) is 0.732. The van der Waals surface area contributed by atoms with Gasteiger partial charge in [0.05, 0.1) is 18.9 Å². The topological polar surface area (TPSA) is 47.4 Å². The van der Waals surface area contributed by atoms with Crippen molar-refractivity contribution in [1.82, 2.24) is 14.7 Å². The Kier molecular flexibility index (Phi) is 3.81. The summed E-state index contributed by atoms with van der Waals surface area (Å²) in [4.78, 5) is 13.8. The Morgan fingerprint density at radius 2 is 2.00 bits per heavy atom. The van der Waals surface area contributed by atoms with Gasteiger partial charge in [-0.15, -0.1) is 0 Å². The summed E-state index contributed by atoms with van der Waals surface area (Å²) in [6, 6.07) is 0. The van der Waals surface area contributed by atoms with Crippen LogP contribution in [-0.2, 0) is 16.6 Å². The van der Waals surface area contributed by atoms with Gasteiger partial charge in [0.15, 0.2) is 0 Å². The van der Waals surface area contributed by atoms with Crippen molar-refractivity contribution in [3.05, 3.63) is 23.0 Å². The van der Waals surface area contributed by atoms with Gasteiger partial charge in [-0.3, -0.25) is 9.48 Å². The Balaban J connectivity index is 2.08. The number of rotatable bonds is 2. The second-order valence-corrected chi connectivity index (χ2v) is 4.48. The molecule has 0 saturated carbocycles. The molecule has 1 aliphatic rings. The van der Waals surface area contributed by atoms with Gasteiger partial charge in [-0.25, -0.2) is 0 Å². The summed E-state index contributed by atoms with van der Waals surface area (Å²) in [7, 11) is 1.91. The maximum atomic E-state index is 12.0. The fraction of sp³-hybridized carbons (Fsp3) is 0.538. The molecule has 2 rings (SSSR count). The van der Waals surface area contributed by atoms with E-state index in [0.29, 0.717) is 26.3 Å². The number of carbonyl (C=O) groups is 1. The van der Waals surface area contributed by atoms with Gasteiger partial charge < -0.3 is 9.64 Å². The fourth-order valence-electron chi connectivity index (χ4n) is 2.07. The van der Waals surface area contributed by atoms with Crippen molar-refractivity contribution in [2.75, 3.05) is 26.3 Å². The first-order valence-corrected chi connectivity index (χ1v) is 6.14. The van der Waals surface area contributed by atoms with E-state index in [4.69, 9.17) is 4.74 Å². The Bertz CT molecular complexity index is 471. The third-order valence-corrected chi connectivity index (χ3v) is 3.28. The molecule has 1 aliphatic heterocycles. The molecule has 0 aromatic carbocycles. The predicted molar refractivity (Wildman–Crippen MR) is 69.1 cm³/mol. The number of hydrogen-bond donors (Lipinski definition) is 0. The molecule has 98 valence electrons. The SMILES string of the molecule is Cc1nn(C)c(C)c1/C=C/C(=O)N1CCOCC1. The van der Waals surface area contributed by atoms with E-state index in [0.717, 1.165) is 17.0 Å². The van der Waals surface area contributed by atoms with Crippen molar-refractivity contribution in [3.63, 3.8) is 0 Å². The number of aryl methyl sites for hydroxylation is 2. The molecule has 1 amide bonds. The van der Waals surface area contributed by atoms with E-state index in [1.807, 2.05) is 31.7 Å². The zero-order valence-electron chi connectivity index (χ0n) is 11.1. The lowest BCUT2D eigenvalue weighted by atomic mass is 10.2. The third-order valence-electron chi connectivity index (χ3n) is 3.28. The number of amides is 1. The molecule has 1 aromatic rings. The minimum Gasteiger partial charge on any atom is -0.378 e. The molecule has 2 heterocycles. The second-order valence-electron chi connectivity index (χ2n) is 4.48. The van der Waals surface area contributed by atoms with Crippen molar-refractivity contribution >= 4 is 12.0 Å². The van der Waals surface area contributed by atoms with Crippen molar-refractivity contribution < 1.29 is 9.53 Å². The van der Waals surface area contributed by atoms with Crippen LogP contribution in [-0.4, -0.2) is 46.9 Å².